The van der Waals surface area contributed by atoms with Gasteiger partial charge in [-0.25, -0.2) is 0 Å². The van der Waals surface area contributed by atoms with Crippen LogP contribution in [-0.4, -0.2) is 48.6 Å². The van der Waals surface area contributed by atoms with Gasteiger partial charge in [0.05, 0.1) is 0 Å². The number of hydrogen-bond donors (Lipinski definition) is 0. The highest BCUT2D eigenvalue weighted by molar-refractivity contribution is 6.66. The van der Waals surface area contributed by atoms with E-state index in [4.69, 9.17) is 8.85 Å². The number of nitrogens with zero attached hydrogens (tertiary/aromatic N) is 2. The number of aliphatic imine (C=N–C) groups is 1. The molecule has 22 heavy (non-hydrogen) atoms. The minimum absolute atomic E-state index is 0.726. The molecule has 0 saturated heterocycles. The van der Waals surface area contributed by atoms with Gasteiger partial charge in [0.1, 0.15) is 0 Å². The van der Waals surface area contributed by atoms with E-state index in [2.05, 4.69) is 40.7 Å². The van der Waals surface area contributed by atoms with Gasteiger partial charge in [-0.3, -0.25) is 4.99 Å². The molecule has 5 heteroatoms. The van der Waals surface area contributed by atoms with Crippen LogP contribution in [0.1, 0.15) is 25.8 Å². The quantitative estimate of drug-likeness (QED) is 0.374. The molecule has 0 fully saturated rings. The number of benzene rings is 1. The molecule has 4 nitrogen and oxygen atoms in total. The molecular formula is C17H30N2O2Si. The van der Waals surface area contributed by atoms with Crippen LogP contribution in [0.2, 0.25) is 12.6 Å². The molecule has 0 N–H and O–H groups in total. The van der Waals surface area contributed by atoms with E-state index in [9.17, 15) is 0 Å². The molecule has 0 atom stereocenters. The average Bonchev–Trinajstić information content (AvgIpc) is 2.48. The molecule has 0 spiro atoms. The predicted octanol–water partition coefficient (Wildman–Crippen LogP) is 3.71. The molecule has 0 aliphatic rings. The fourth-order valence-corrected chi connectivity index (χ4v) is 4.71. The van der Waals surface area contributed by atoms with E-state index in [0.29, 0.717) is 0 Å². The molecule has 0 amide bonds. The Labute approximate surface area is 136 Å². The third-order valence-electron chi connectivity index (χ3n) is 3.47. The van der Waals surface area contributed by atoms with Gasteiger partial charge in [-0.15, -0.1) is 0 Å². The van der Waals surface area contributed by atoms with Gasteiger partial charge in [0.2, 0.25) is 0 Å². The van der Waals surface area contributed by atoms with Crippen LogP contribution < -0.4 is 4.90 Å². The third-order valence-corrected chi connectivity index (χ3v) is 6.53. The first-order valence-corrected chi connectivity index (χ1v) is 10.6. The summed E-state index contributed by atoms with van der Waals surface area (Å²) < 4.78 is 11.7. The highest BCUT2D eigenvalue weighted by atomic mass is 28.4. The lowest BCUT2D eigenvalue weighted by atomic mass is 10.2. The second kappa shape index (κ2) is 9.76. The SMILES string of the molecule is CCO[Si](C)(CCCN=Cc1ccc(N(C)C)cc1)OCC. The van der Waals surface area contributed by atoms with E-state index in [0.717, 1.165) is 37.8 Å². The molecule has 0 aliphatic heterocycles. The van der Waals surface area contributed by atoms with Gasteiger partial charge in [0.15, 0.2) is 0 Å². The summed E-state index contributed by atoms with van der Waals surface area (Å²) in [5.74, 6) is 0. The monoisotopic (exact) mass is 322 g/mol. The van der Waals surface area contributed by atoms with Gasteiger partial charge < -0.3 is 13.8 Å². The Morgan fingerprint density at radius 1 is 1.09 bits per heavy atom. The van der Waals surface area contributed by atoms with Crippen molar-refractivity contribution in [2.45, 2.75) is 32.9 Å². The Kier molecular flexibility index (Phi) is 8.38. The van der Waals surface area contributed by atoms with Crippen molar-refractivity contribution < 1.29 is 8.85 Å². The molecule has 0 radical (unpaired) electrons. The minimum Gasteiger partial charge on any atom is -0.395 e. The highest BCUT2D eigenvalue weighted by Crippen LogP contribution is 2.16. The van der Waals surface area contributed by atoms with Crippen molar-refractivity contribution in [1.29, 1.82) is 0 Å². The lowest BCUT2D eigenvalue weighted by Gasteiger charge is -2.25. The van der Waals surface area contributed by atoms with Crippen molar-refractivity contribution in [3.8, 4) is 0 Å². The molecule has 0 aromatic heterocycles. The van der Waals surface area contributed by atoms with Gasteiger partial charge in [-0.2, -0.15) is 0 Å². The molecule has 0 saturated carbocycles. The lowest BCUT2D eigenvalue weighted by molar-refractivity contribution is 0.188. The first-order chi connectivity index (χ1) is 10.5. The van der Waals surface area contributed by atoms with Crippen LogP contribution >= 0.6 is 0 Å². The Bertz CT molecular complexity index is 440. The maximum atomic E-state index is 5.83. The van der Waals surface area contributed by atoms with E-state index in [1.165, 1.54) is 5.69 Å². The zero-order chi connectivity index (χ0) is 16.4. The lowest BCUT2D eigenvalue weighted by Crippen LogP contribution is -2.38. The van der Waals surface area contributed by atoms with E-state index in [1.807, 2.05) is 34.2 Å². The Balaban J connectivity index is 2.39. The van der Waals surface area contributed by atoms with Gasteiger partial charge in [0, 0.05) is 45.8 Å². The van der Waals surface area contributed by atoms with Gasteiger partial charge in [-0.05, 0) is 50.6 Å². The van der Waals surface area contributed by atoms with E-state index in [1.54, 1.807) is 0 Å². The van der Waals surface area contributed by atoms with Crippen LogP contribution in [-0.2, 0) is 8.85 Å². The first kappa shape index (κ1) is 18.9. The second-order valence-corrected chi connectivity index (χ2v) is 8.97. The summed E-state index contributed by atoms with van der Waals surface area (Å²) >= 11 is 0. The van der Waals surface area contributed by atoms with Crippen LogP contribution in [0.5, 0.6) is 0 Å². The Hall–Kier alpha value is -1.17. The van der Waals surface area contributed by atoms with Crippen molar-refractivity contribution in [2.24, 2.45) is 4.99 Å². The van der Waals surface area contributed by atoms with Crippen molar-refractivity contribution >= 4 is 20.5 Å². The highest BCUT2D eigenvalue weighted by Gasteiger charge is 2.29. The molecule has 0 unspecified atom stereocenters. The maximum Gasteiger partial charge on any atom is 0.334 e. The van der Waals surface area contributed by atoms with Crippen molar-refractivity contribution in [3.63, 3.8) is 0 Å². The zero-order valence-corrected chi connectivity index (χ0v) is 15.6. The van der Waals surface area contributed by atoms with Crippen LogP contribution in [0, 0.1) is 0 Å². The summed E-state index contributed by atoms with van der Waals surface area (Å²) in [4.78, 5) is 6.60. The average molecular weight is 323 g/mol. The molecule has 1 aromatic carbocycles. The minimum atomic E-state index is -1.98. The van der Waals surface area contributed by atoms with E-state index >= 15 is 0 Å². The van der Waals surface area contributed by atoms with Crippen molar-refractivity contribution in [3.05, 3.63) is 29.8 Å². The molecule has 0 aliphatic carbocycles. The molecule has 1 aromatic rings. The molecule has 0 bridgehead atoms. The summed E-state index contributed by atoms with van der Waals surface area (Å²) in [5.41, 5.74) is 2.34. The summed E-state index contributed by atoms with van der Waals surface area (Å²) in [7, 11) is 2.11. The molecule has 1 rings (SSSR count). The fourth-order valence-electron chi connectivity index (χ4n) is 2.32. The van der Waals surface area contributed by atoms with E-state index < -0.39 is 8.56 Å². The Morgan fingerprint density at radius 3 is 2.18 bits per heavy atom. The summed E-state index contributed by atoms with van der Waals surface area (Å²) in [6.07, 6.45) is 2.95. The van der Waals surface area contributed by atoms with E-state index in [-0.39, 0.29) is 0 Å². The normalized spacial score (nSPS) is 12.0. The summed E-state index contributed by atoms with van der Waals surface area (Å²) in [6.45, 7) is 8.47. The summed E-state index contributed by atoms with van der Waals surface area (Å²) in [6, 6.07) is 9.40. The standard InChI is InChI=1S/C17H30N2O2Si/c1-6-20-22(5,21-7-2)14-8-13-18-15-16-9-11-17(12-10-16)19(3)4/h9-12,15H,6-8,13-14H2,1-5H3. The Morgan fingerprint density at radius 2 is 1.68 bits per heavy atom. The van der Waals surface area contributed by atoms with Crippen LogP contribution in [0.25, 0.3) is 0 Å². The smallest absolute Gasteiger partial charge is 0.334 e. The number of anilines is 1. The summed E-state index contributed by atoms with van der Waals surface area (Å²) in [5, 5.41) is 0. The van der Waals surface area contributed by atoms with Crippen LogP contribution in [0.15, 0.2) is 29.3 Å². The molecule has 0 heterocycles. The van der Waals surface area contributed by atoms with Crippen LogP contribution in [0.3, 0.4) is 0 Å². The van der Waals surface area contributed by atoms with Gasteiger partial charge >= 0.3 is 8.56 Å². The first-order valence-electron chi connectivity index (χ1n) is 8.06. The molecular weight excluding hydrogens is 292 g/mol. The topological polar surface area (TPSA) is 34.1 Å². The van der Waals surface area contributed by atoms with Crippen LogP contribution in [0.4, 0.5) is 5.69 Å². The molecule has 124 valence electrons. The number of hydrogen-bond acceptors (Lipinski definition) is 4. The predicted molar refractivity (Wildman–Crippen MR) is 97.5 cm³/mol. The second-order valence-electron chi connectivity index (χ2n) is 5.62. The number of rotatable bonds is 10. The largest absolute Gasteiger partial charge is 0.395 e. The van der Waals surface area contributed by atoms with Crippen molar-refractivity contribution in [1.82, 2.24) is 0 Å². The third kappa shape index (κ3) is 6.73. The fraction of sp³-hybridized carbons (Fsp3) is 0.588. The van der Waals surface area contributed by atoms with Gasteiger partial charge in [0.25, 0.3) is 0 Å². The van der Waals surface area contributed by atoms with Gasteiger partial charge in [-0.1, -0.05) is 12.1 Å². The maximum absolute atomic E-state index is 5.83. The van der Waals surface area contributed by atoms with Crippen molar-refractivity contribution in [2.75, 3.05) is 38.8 Å². The zero-order valence-electron chi connectivity index (χ0n) is 14.6.